The number of fused-ring (bicyclic) bond motifs is 1. The van der Waals surface area contributed by atoms with Gasteiger partial charge in [-0.15, -0.1) is 11.3 Å². The molecule has 2 aromatic rings. The smallest absolute Gasteiger partial charge is 0.298 e. The fourth-order valence-electron chi connectivity index (χ4n) is 1.78. The van der Waals surface area contributed by atoms with Crippen LogP contribution in [0.5, 0.6) is 6.01 Å². The largest absolute Gasteiger partial charge is 0.465 e. The first-order chi connectivity index (χ1) is 9.17. The lowest BCUT2D eigenvalue weighted by Gasteiger charge is -2.13. The predicted molar refractivity (Wildman–Crippen MR) is 86.8 cm³/mol. The maximum atomic E-state index is 5.76. The molecule has 0 saturated heterocycles. The lowest BCUT2D eigenvalue weighted by atomic mass is 10.3. The molecule has 0 aromatic carbocycles. The first kappa shape index (κ1) is 14.9. The second-order valence-corrected chi connectivity index (χ2v) is 7.12. The van der Waals surface area contributed by atoms with E-state index in [9.17, 15) is 0 Å². The molecule has 0 aliphatic heterocycles. The molecule has 104 valence electrons. The quantitative estimate of drug-likeness (QED) is 0.664. The van der Waals surface area contributed by atoms with Crippen molar-refractivity contribution in [3.63, 3.8) is 0 Å². The second-order valence-electron chi connectivity index (χ2n) is 4.32. The fourth-order valence-corrected chi connectivity index (χ4v) is 3.61. The van der Waals surface area contributed by atoms with Crippen molar-refractivity contribution < 1.29 is 4.74 Å². The van der Waals surface area contributed by atoms with Crippen molar-refractivity contribution in [3.8, 4) is 6.01 Å². The Kier molecular flexibility index (Phi) is 5.36. The molecule has 0 radical (unpaired) electrons. The molecule has 2 rings (SSSR count). The van der Waals surface area contributed by atoms with E-state index in [0.29, 0.717) is 12.6 Å². The highest BCUT2D eigenvalue weighted by Crippen LogP contribution is 2.31. The van der Waals surface area contributed by atoms with Crippen LogP contribution in [0.3, 0.4) is 0 Å². The van der Waals surface area contributed by atoms with Crippen molar-refractivity contribution in [1.82, 2.24) is 9.55 Å². The van der Waals surface area contributed by atoms with Crippen LogP contribution in [0.1, 0.15) is 33.1 Å². The highest BCUT2D eigenvalue weighted by atomic mass is 79.9. The van der Waals surface area contributed by atoms with Crippen molar-refractivity contribution in [1.29, 1.82) is 0 Å². The summed E-state index contributed by atoms with van der Waals surface area (Å²) in [7, 11) is 0. The third-order valence-corrected chi connectivity index (χ3v) is 4.73. The van der Waals surface area contributed by atoms with Crippen molar-refractivity contribution in [2.75, 3.05) is 6.61 Å². The molecule has 0 N–H and O–H groups in total. The Morgan fingerprint density at radius 2 is 2.21 bits per heavy atom. The normalized spacial score (nSPS) is 11.1. The molecular weight excluding hydrogens is 344 g/mol. The van der Waals surface area contributed by atoms with Crippen molar-refractivity contribution in [2.45, 2.75) is 39.7 Å². The molecule has 0 saturated carbocycles. The molecule has 0 aliphatic rings. The summed E-state index contributed by atoms with van der Waals surface area (Å²) in [6.45, 7) is 5.80. The summed E-state index contributed by atoms with van der Waals surface area (Å²) >= 11 is 10.7. The zero-order chi connectivity index (χ0) is 13.8. The van der Waals surface area contributed by atoms with Gasteiger partial charge in [-0.05, 0) is 34.8 Å². The van der Waals surface area contributed by atoms with E-state index in [4.69, 9.17) is 17.0 Å². The van der Waals surface area contributed by atoms with Crippen LogP contribution in [0.2, 0.25) is 0 Å². The zero-order valence-electron chi connectivity index (χ0n) is 11.1. The number of hydrogen-bond donors (Lipinski definition) is 0. The summed E-state index contributed by atoms with van der Waals surface area (Å²) in [5.41, 5.74) is 0. The van der Waals surface area contributed by atoms with E-state index in [2.05, 4.69) is 34.8 Å². The highest BCUT2D eigenvalue weighted by Gasteiger charge is 2.12. The minimum absolute atomic E-state index is 0.655. The highest BCUT2D eigenvalue weighted by molar-refractivity contribution is 9.11. The van der Waals surface area contributed by atoms with Gasteiger partial charge in [-0.1, -0.05) is 32.5 Å². The molecule has 2 aromatic heterocycles. The van der Waals surface area contributed by atoms with Gasteiger partial charge in [0.1, 0.15) is 9.47 Å². The number of thiophene rings is 1. The average Bonchev–Trinajstić information content (AvgIpc) is 2.76. The van der Waals surface area contributed by atoms with Crippen LogP contribution < -0.4 is 4.74 Å². The zero-order valence-corrected chi connectivity index (χ0v) is 14.3. The van der Waals surface area contributed by atoms with E-state index in [1.807, 2.05) is 10.6 Å². The Hall–Kier alpha value is -0.460. The van der Waals surface area contributed by atoms with Gasteiger partial charge < -0.3 is 4.74 Å². The van der Waals surface area contributed by atoms with Crippen molar-refractivity contribution >= 4 is 49.7 Å². The number of unbranched alkanes of at least 4 members (excludes halogenated alkanes) is 1. The average molecular weight is 361 g/mol. The molecule has 0 spiro atoms. The minimum atomic E-state index is 0.655. The van der Waals surface area contributed by atoms with Gasteiger partial charge in [0, 0.05) is 11.9 Å². The van der Waals surface area contributed by atoms with E-state index in [1.54, 1.807) is 11.3 Å². The van der Waals surface area contributed by atoms with E-state index >= 15 is 0 Å². The number of aromatic nitrogens is 2. The number of rotatable bonds is 6. The molecule has 0 fully saturated rings. The van der Waals surface area contributed by atoms with Gasteiger partial charge in [-0.25, -0.2) is 0 Å². The molecule has 0 aliphatic carbocycles. The standard InChI is InChI=1S/C13H17BrN2OS2/c1-3-5-6-16-12(18)9-8-10(14)19-11(9)15-13(16)17-7-4-2/h8H,3-7H2,1-2H3. The van der Waals surface area contributed by atoms with E-state index in [-0.39, 0.29) is 0 Å². The second kappa shape index (κ2) is 6.81. The number of hydrogen-bond acceptors (Lipinski definition) is 4. The molecule has 3 nitrogen and oxygen atoms in total. The molecule has 0 bridgehead atoms. The molecular formula is C13H17BrN2OS2. The van der Waals surface area contributed by atoms with Gasteiger partial charge in [-0.3, -0.25) is 4.57 Å². The molecule has 2 heterocycles. The van der Waals surface area contributed by atoms with Gasteiger partial charge in [0.25, 0.3) is 6.01 Å². The summed E-state index contributed by atoms with van der Waals surface area (Å²) < 4.78 is 9.66. The molecule has 0 atom stereocenters. The van der Waals surface area contributed by atoms with E-state index < -0.39 is 0 Å². The maximum Gasteiger partial charge on any atom is 0.298 e. The molecule has 19 heavy (non-hydrogen) atoms. The third kappa shape index (κ3) is 3.35. The topological polar surface area (TPSA) is 27.1 Å². The third-order valence-electron chi connectivity index (χ3n) is 2.76. The van der Waals surface area contributed by atoms with Crippen LogP contribution in [0.25, 0.3) is 10.2 Å². The summed E-state index contributed by atoms with van der Waals surface area (Å²) in [4.78, 5) is 5.55. The Bertz CT molecular complexity index is 621. The minimum Gasteiger partial charge on any atom is -0.465 e. The first-order valence-electron chi connectivity index (χ1n) is 6.50. The molecule has 0 amide bonds. The van der Waals surface area contributed by atoms with E-state index in [1.165, 1.54) is 0 Å². The number of ether oxygens (including phenoxy) is 1. The maximum absolute atomic E-state index is 5.76. The van der Waals surface area contributed by atoms with Gasteiger partial charge >= 0.3 is 0 Å². The molecule has 0 unspecified atom stereocenters. The van der Waals surface area contributed by atoms with Crippen LogP contribution in [0.15, 0.2) is 9.85 Å². The van der Waals surface area contributed by atoms with Crippen LogP contribution in [-0.4, -0.2) is 16.2 Å². The fraction of sp³-hybridized carbons (Fsp3) is 0.538. The monoisotopic (exact) mass is 360 g/mol. The summed E-state index contributed by atoms with van der Waals surface area (Å²) in [6, 6.07) is 2.70. The number of halogens is 1. The van der Waals surface area contributed by atoms with Crippen molar-refractivity contribution in [2.24, 2.45) is 0 Å². The van der Waals surface area contributed by atoms with Gasteiger partial charge in [0.15, 0.2) is 0 Å². The predicted octanol–water partition coefficient (Wildman–Crippen LogP) is 5.18. The Labute approximate surface area is 130 Å². The first-order valence-corrected chi connectivity index (χ1v) is 8.51. The Morgan fingerprint density at radius 1 is 1.42 bits per heavy atom. The van der Waals surface area contributed by atoms with Gasteiger partial charge in [-0.2, -0.15) is 4.98 Å². The lowest BCUT2D eigenvalue weighted by molar-refractivity contribution is 0.273. The van der Waals surface area contributed by atoms with Gasteiger partial charge in [0.2, 0.25) is 0 Å². The summed E-state index contributed by atoms with van der Waals surface area (Å²) in [5.74, 6) is 0. The summed E-state index contributed by atoms with van der Waals surface area (Å²) in [5, 5.41) is 1.03. The van der Waals surface area contributed by atoms with Crippen LogP contribution in [0, 0.1) is 4.64 Å². The SMILES string of the molecule is CCCCn1c(OCCC)nc2sc(Br)cc2c1=S. The Morgan fingerprint density at radius 3 is 2.89 bits per heavy atom. The van der Waals surface area contributed by atoms with Gasteiger partial charge in [0.05, 0.1) is 10.4 Å². The summed E-state index contributed by atoms with van der Waals surface area (Å²) in [6.07, 6.45) is 3.17. The van der Waals surface area contributed by atoms with Crippen LogP contribution >= 0.6 is 39.5 Å². The van der Waals surface area contributed by atoms with Crippen LogP contribution in [0.4, 0.5) is 0 Å². The van der Waals surface area contributed by atoms with Crippen LogP contribution in [-0.2, 0) is 6.54 Å². The number of nitrogens with zero attached hydrogens (tertiary/aromatic N) is 2. The van der Waals surface area contributed by atoms with E-state index in [0.717, 1.165) is 44.5 Å². The molecule has 6 heteroatoms. The lowest BCUT2D eigenvalue weighted by Crippen LogP contribution is -2.10. The Balaban J connectivity index is 2.51. The van der Waals surface area contributed by atoms with Crippen molar-refractivity contribution in [3.05, 3.63) is 14.5 Å².